The Labute approximate surface area is 130 Å². The van der Waals surface area contributed by atoms with E-state index in [2.05, 4.69) is 25.8 Å². The molecule has 0 fully saturated rings. The van der Waals surface area contributed by atoms with E-state index in [1.807, 2.05) is 6.07 Å². The molecule has 1 aromatic heterocycles. The summed E-state index contributed by atoms with van der Waals surface area (Å²) in [4.78, 5) is 0.214. The van der Waals surface area contributed by atoms with Crippen LogP contribution in [0.15, 0.2) is 58.0 Å². The lowest BCUT2D eigenvalue weighted by Gasteiger charge is -2.08. The summed E-state index contributed by atoms with van der Waals surface area (Å²) in [5.41, 5.74) is 1.26. The van der Waals surface area contributed by atoms with Gasteiger partial charge in [-0.1, -0.05) is 22.0 Å². The van der Waals surface area contributed by atoms with Crippen molar-refractivity contribution >= 4 is 42.5 Å². The highest BCUT2D eigenvalue weighted by Gasteiger charge is 2.16. The molecule has 1 heterocycles. The van der Waals surface area contributed by atoms with Gasteiger partial charge in [0.2, 0.25) is 0 Å². The fourth-order valence-corrected chi connectivity index (χ4v) is 3.41. The smallest absolute Gasteiger partial charge is 0.261 e. The number of hydrogen-bond donors (Lipinski definition) is 1. The van der Waals surface area contributed by atoms with E-state index in [1.54, 1.807) is 54.3 Å². The van der Waals surface area contributed by atoms with Crippen molar-refractivity contribution in [1.29, 1.82) is 0 Å². The van der Waals surface area contributed by atoms with Crippen LogP contribution in [0.25, 0.3) is 10.9 Å². The molecule has 108 valence electrons. The van der Waals surface area contributed by atoms with E-state index in [4.69, 9.17) is 0 Å². The number of fused-ring (bicyclic) bond motifs is 1. The summed E-state index contributed by atoms with van der Waals surface area (Å²) in [5, 5.41) is 5.03. The van der Waals surface area contributed by atoms with E-state index in [1.165, 1.54) is 0 Å². The molecule has 0 saturated heterocycles. The van der Waals surface area contributed by atoms with Gasteiger partial charge in [0.05, 0.1) is 16.1 Å². The van der Waals surface area contributed by atoms with Gasteiger partial charge >= 0.3 is 0 Å². The summed E-state index contributed by atoms with van der Waals surface area (Å²) in [6, 6.07) is 11.8. The van der Waals surface area contributed by atoms with Crippen molar-refractivity contribution in [3.05, 3.63) is 53.1 Å². The number of benzene rings is 2. The molecule has 0 radical (unpaired) electrons. The number of anilines is 1. The summed E-state index contributed by atoms with van der Waals surface area (Å²) in [5.74, 6) is 0. The SMILES string of the molecule is Cn1cc2c(NS(=O)(=O)c3ccc(Br)cc3)cccc2n1. The fraction of sp³-hybridized carbons (Fsp3) is 0.0714. The molecule has 5 nitrogen and oxygen atoms in total. The maximum absolute atomic E-state index is 12.4. The van der Waals surface area contributed by atoms with Crippen LogP contribution in [-0.4, -0.2) is 18.2 Å². The van der Waals surface area contributed by atoms with Crippen molar-refractivity contribution in [2.75, 3.05) is 4.72 Å². The topological polar surface area (TPSA) is 64.0 Å². The van der Waals surface area contributed by atoms with E-state index in [0.29, 0.717) is 5.69 Å². The van der Waals surface area contributed by atoms with Gasteiger partial charge < -0.3 is 0 Å². The molecule has 0 aliphatic rings. The maximum atomic E-state index is 12.4. The monoisotopic (exact) mass is 365 g/mol. The number of sulfonamides is 1. The Bertz CT molecular complexity index is 902. The van der Waals surface area contributed by atoms with Gasteiger partial charge in [0.15, 0.2) is 0 Å². The molecule has 0 atom stereocenters. The second-order valence-corrected chi connectivity index (χ2v) is 7.20. The highest BCUT2D eigenvalue weighted by molar-refractivity contribution is 9.10. The van der Waals surface area contributed by atoms with Gasteiger partial charge in [0.25, 0.3) is 10.0 Å². The third kappa shape index (κ3) is 2.79. The first-order valence-electron chi connectivity index (χ1n) is 6.16. The van der Waals surface area contributed by atoms with E-state index in [-0.39, 0.29) is 4.90 Å². The Morgan fingerprint density at radius 2 is 1.86 bits per heavy atom. The quantitative estimate of drug-likeness (QED) is 0.775. The number of halogens is 1. The van der Waals surface area contributed by atoms with E-state index < -0.39 is 10.0 Å². The van der Waals surface area contributed by atoms with Crippen molar-refractivity contribution in [2.24, 2.45) is 7.05 Å². The van der Waals surface area contributed by atoms with Crippen molar-refractivity contribution in [2.45, 2.75) is 4.90 Å². The second kappa shape index (κ2) is 5.16. The van der Waals surface area contributed by atoms with Crippen molar-refractivity contribution in [3.8, 4) is 0 Å². The van der Waals surface area contributed by atoms with Crippen LogP contribution in [0.4, 0.5) is 5.69 Å². The Hall–Kier alpha value is -1.86. The van der Waals surface area contributed by atoms with Gasteiger partial charge in [0, 0.05) is 23.1 Å². The third-order valence-electron chi connectivity index (χ3n) is 3.03. The van der Waals surface area contributed by atoms with E-state index in [9.17, 15) is 8.42 Å². The largest absolute Gasteiger partial charge is 0.279 e. The van der Waals surface area contributed by atoms with Crippen molar-refractivity contribution in [3.63, 3.8) is 0 Å². The first-order valence-corrected chi connectivity index (χ1v) is 8.44. The molecule has 3 aromatic rings. The molecular formula is C14H12BrN3O2S. The summed E-state index contributed by atoms with van der Waals surface area (Å²) in [6.45, 7) is 0. The molecule has 0 aliphatic heterocycles. The number of aromatic nitrogens is 2. The first kappa shape index (κ1) is 14.1. The lowest BCUT2D eigenvalue weighted by Crippen LogP contribution is -2.12. The van der Waals surface area contributed by atoms with Gasteiger partial charge in [-0.05, 0) is 36.4 Å². The molecule has 0 aliphatic carbocycles. The minimum atomic E-state index is -3.62. The zero-order chi connectivity index (χ0) is 15.0. The Morgan fingerprint density at radius 3 is 2.57 bits per heavy atom. The van der Waals surface area contributed by atoms with Crippen LogP contribution in [0.2, 0.25) is 0 Å². The van der Waals surface area contributed by atoms with Crippen LogP contribution < -0.4 is 4.72 Å². The molecule has 3 rings (SSSR count). The maximum Gasteiger partial charge on any atom is 0.261 e. The molecule has 2 aromatic carbocycles. The first-order chi connectivity index (χ1) is 9.95. The molecule has 0 spiro atoms. The molecular weight excluding hydrogens is 354 g/mol. The standard InChI is InChI=1S/C14H12BrN3O2S/c1-18-9-12-13(16-18)3-2-4-14(12)17-21(19,20)11-7-5-10(15)6-8-11/h2-9,17H,1H3. The highest BCUT2D eigenvalue weighted by Crippen LogP contribution is 2.25. The average Bonchev–Trinajstić information content (AvgIpc) is 2.80. The lowest BCUT2D eigenvalue weighted by atomic mass is 10.2. The molecule has 0 amide bonds. The fourth-order valence-electron chi connectivity index (χ4n) is 2.07. The summed E-state index contributed by atoms with van der Waals surface area (Å²) in [7, 11) is -1.82. The minimum absolute atomic E-state index is 0.214. The van der Waals surface area contributed by atoms with Gasteiger partial charge in [-0.25, -0.2) is 8.42 Å². The Morgan fingerprint density at radius 1 is 1.14 bits per heavy atom. The van der Waals surface area contributed by atoms with Crippen LogP contribution >= 0.6 is 15.9 Å². The minimum Gasteiger partial charge on any atom is -0.279 e. The van der Waals surface area contributed by atoms with Gasteiger partial charge in [0.1, 0.15) is 0 Å². The predicted molar refractivity (Wildman–Crippen MR) is 85.7 cm³/mol. The zero-order valence-corrected chi connectivity index (χ0v) is 13.5. The second-order valence-electron chi connectivity index (χ2n) is 4.60. The van der Waals surface area contributed by atoms with E-state index in [0.717, 1.165) is 15.4 Å². The molecule has 1 N–H and O–H groups in total. The molecule has 0 bridgehead atoms. The molecule has 21 heavy (non-hydrogen) atoms. The molecule has 0 unspecified atom stereocenters. The summed E-state index contributed by atoms with van der Waals surface area (Å²) in [6.07, 6.45) is 1.79. The third-order valence-corrected chi connectivity index (χ3v) is 4.94. The Balaban J connectivity index is 2.03. The summed E-state index contributed by atoms with van der Waals surface area (Å²) >= 11 is 3.29. The van der Waals surface area contributed by atoms with E-state index >= 15 is 0 Å². The molecule has 0 saturated carbocycles. The van der Waals surface area contributed by atoms with Gasteiger partial charge in [-0.3, -0.25) is 9.40 Å². The van der Waals surface area contributed by atoms with Crippen LogP contribution in [-0.2, 0) is 17.1 Å². The predicted octanol–water partition coefficient (Wildman–Crippen LogP) is 3.14. The van der Waals surface area contributed by atoms with Crippen LogP contribution in [0, 0.1) is 0 Å². The average molecular weight is 366 g/mol. The van der Waals surface area contributed by atoms with Crippen LogP contribution in [0.1, 0.15) is 0 Å². The number of nitrogens with one attached hydrogen (secondary N) is 1. The zero-order valence-electron chi connectivity index (χ0n) is 11.1. The van der Waals surface area contributed by atoms with Crippen LogP contribution in [0.3, 0.4) is 0 Å². The highest BCUT2D eigenvalue weighted by atomic mass is 79.9. The van der Waals surface area contributed by atoms with Crippen molar-refractivity contribution < 1.29 is 8.42 Å². The van der Waals surface area contributed by atoms with Crippen LogP contribution in [0.5, 0.6) is 0 Å². The van der Waals surface area contributed by atoms with Crippen molar-refractivity contribution in [1.82, 2.24) is 9.78 Å². The van der Waals surface area contributed by atoms with Gasteiger partial charge in [-0.2, -0.15) is 5.10 Å². The molecule has 7 heteroatoms. The number of rotatable bonds is 3. The lowest BCUT2D eigenvalue weighted by molar-refractivity contribution is 0.601. The number of hydrogen-bond acceptors (Lipinski definition) is 3. The summed E-state index contributed by atoms with van der Waals surface area (Å²) < 4.78 is 29.9. The van der Waals surface area contributed by atoms with Gasteiger partial charge in [-0.15, -0.1) is 0 Å². The number of aryl methyl sites for hydroxylation is 1. The number of nitrogens with zero attached hydrogens (tertiary/aromatic N) is 2. The Kier molecular flexibility index (Phi) is 3.46. The normalized spacial score (nSPS) is 11.7.